The first-order valence-electron chi connectivity index (χ1n) is 4.36. The highest BCUT2D eigenvalue weighted by atomic mass is 15.5. The van der Waals surface area contributed by atoms with E-state index in [1.807, 2.05) is 31.2 Å². The normalized spacial score (nSPS) is 12.7. The smallest absolute Gasteiger partial charge is 0.143 e. The van der Waals surface area contributed by atoms with Gasteiger partial charge in [0.05, 0.1) is 5.69 Å². The third kappa shape index (κ3) is 1.62. The molecule has 1 aromatic heterocycles. The van der Waals surface area contributed by atoms with Crippen molar-refractivity contribution in [2.45, 2.75) is 13.0 Å². The minimum Gasteiger partial charge on any atom is -0.324 e. The highest BCUT2D eigenvalue weighted by molar-refractivity contribution is 5.35. The lowest BCUT2D eigenvalue weighted by Gasteiger charge is -2.06. The van der Waals surface area contributed by atoms with E-state index in [-0.39, 0.29) is 6.04 Å². The van der Waals surface area contributed by atoms with Crippen molar-refractivity contribution in [1.82, 2.24) is 20.2 Å². The SMILES string of the molecule is C[C@H](N)c1cccc(-n2cnnn2)c1. The van der Waals surface area contributed by atoms with Gasteiger partial charge in [-0.2, -0.15) is 0 Å². The molecule has 0 bridgehead atoms. The molecule has 0 unspecified atom stereocenters. The fourth-order valence-corrected chi connectivity index (χ4v) is 1.23. The van der Waals surface area contributed by atoms with Crippen LogP contribution < -0.4 is 5.73 Å². The second-order valence-corrected chi connectivity index (χ2v) is 3.14. The molecule has 0 spiro atoms. The van der Waals surface area contributed by atoms with E-state index in [4.69, 9.17) is 5.73 Å². The summed E-state index contributed by atoms with van der Waals surface area (Å²) in [5.41, 5.74) is 7.76. The van der Waals surface area contributed by atoms with Crippen molar-refractivity contribution >= 4 is 0 Å². The summed E-state index contributed by atoms with van der Waals surface area (Å²) in [5, 5.41) is 11.0. The minimum absolute atomic E-state index is 0.0198. The van der Waals surface area contributed by atoms with Crippen LogP contribution in [0.15, 0.2) is 30.6 Å². The van der Waals surface area contributed by atoms with Crippen LogP contribution in [-0.2, 0) is 0 Å². The predicted octanol–water partition coefficient (Wildman–Crippen LogP) is 0.682. The fraction of sp³-hybridized carbons (Fsp3) is 0.222. The first-order valence-corrected chi connectivity index (χ1v) is 4.36. The minimum atomic E-state index is 0.0198. The summed E-state index contributed by atoms with van der Waals surface area (Å²) < 4.78 is 1.60. The summed E-state index contributed by atoms with van der Waals surface area (Å²) in [6.45, 7) is 1.94. The fourth-order valence-electron chi connectivity index (χ4n) is 1.23. The van der Waals surface area contributed by atoms with Crippen LogP contribution in [0.3, 0.4) is 0 Å². The number of tetrazole rings is 1. The number of nitrogens with zero attached hydrogens (tertiary/aromatic N) is 4. The molecule has 0 aliphatic carbocycles. The molecule has 1 heterocycles. The van der Waals surface area contributed by atoms with Gasteiger partial charge in [0.25, 0.3) is 0 Å². The van der Waals surface area contributed by atoms with Crippen molar-refractivity contribution in [1.29, 1.82) is 0 Å². The standard InChI is InChI=1S/C9H11N5/c1-7(10)8-3-2-4-9(5-8)14-6-11-12-13-14/h2-7H,10H2,1H3/t7-/m0/s1. The average molecular weight is 189 g/mol. The van der Waals surface area contributed by atoms with Crippen LogP contribution in [0.4, 0.5) is 0 Å². The molecule has 14 heavy (non-hydrogen) atoms. The number of rotatable bonds is 2. The van der Waals surface area contributed by atoms with Crippen LogP contribution in [0.25, 0.3) is 5.69 Å². The number of aromatic nitrogens is 4. The molecule has 1 atom stereocenters. The van der Waals surface area contributed by atoms with E-state index in [0.29, 0.717) is 0 Å². The molecule has 72 valence electrons. The van der Waals surface area contributed by atoms with E-state index >= 15 is 0 Å². The van der Waals surface area contributed by atoms with Crippen molar-refractivity contribution < 1.29 is 0 Å². The van der Waals surface area contributed by atoms with E-state index in [1.165, 1.54) is 0 Å². The molecule has 0 aliphatic heterocycles. The van der Waals surface area contributed by atoms with Gasteiger partial charge in [0, 0.05) is 6.04 Å². The Balaban J connectivity index is 2.41. The van der Waals surface area contributed by atoms with Gasteiger partial charge >= 0.3 is 0 Å². The Morgan fingerprint density at radius 2 is 2.29 bits per heavy atom. The van der Waals surface area contributed by atoms with Crippen LogP contribution >= 0.6 is 0 Å². The molecule has 5 nitrogen and oxygen atoms in total. The van der Waals surface area contributed by atoms with Gasteiger partial charge in [-0.05, 0) is 35.0 Å². The molecule has 1 aromatic carbocycles. The Morgan fingerprint density at radius 1 is 1.43 bits per heavy atom. The summed E-state index contributed by atoms with van der Waals surface area (Å²) in [4.78, 5) is 0. The van der Waals surface area contributed by atoms with E-state index in [9.17, 15) is 0 Å². The summed E-state index contributed by atoms with van der Waals surface area (Å²) >= 11 is 0. The Bertz CT molecular complexity index is 407. The first-order chi connectivity index (χ1) is 6.77. The maximum Gasteiger partial charge on any atom is 0.143 e. The lowest BCUT2D eigenvalue weighted by atomic mass is 10.1. The first kappa shape index (κ1) is 8.83. The van der Waals surface area contributed by atoms with Crippen molar-refractivity contribution in [2.24, 2.45) is 5.73 Å². The van der Waals surface area contributed by atoms with Crippen molar-refractivity contribution in [3.63, 3.8) is 0 Å². The van der Waals surface area contributed by atoms with Crippen LogP contribution in [0, 0.1) is 0 Å². The highest BCUT2D eigenvalue weighted by Crippen LogP contribution is 2.13. The van der Waals surface area contributed by atoms with Gasteiger partial charge < -0.3 is 5.73 Å². The molecule has 0 saturated carbocycles. The van der Waals surface area contributed by atoms with Gasteiger partial charge in [-0.3, -0.25) is 0 Å². The zero-order valence-corrected chi connectivity index (χ0v) is 7.83. The monoisotopic (exact) mass is 189 g/mol. The van der Waals surface area contributed by atoms with Crippen LogP contribution in [0.2, 0.25) is 0 Å². The molecule has 2 aromatic rings. The largest absolute Gasteiger partial charge is 0.324 e. The third-order valence-corrected chi connectivity index (χ3v) is 2.01. The van der Waals surface area contributed by atoms with E-state index in [2.05, 4.69) is 15.5 Å². The summed E-state index contributed by atoms with van der Waals surface area (Å²) in [5.74, 6) is 0. The Kier molecular flexibility index (Phi) is 2.24. The molecule has 0 radical (unpaired) electrons. The molecule has 2 N–H and O–H groups in total. The lowest BCUT2D eigenvalue weighted by molar-refractivity contribution is 0.778. The lowest BCUT2D eigenvalue weighted by Crippen LogP contribution is -2.06. The summed E-state index contributed by atoms with van der Waals surface area (Å²) in [6.07, 6.45) is 1.56. The van der Waals surface area contributed by atoms with Gasteiger partial charge in [-0.25, -0.2) is 4.68 Å². The number of hydrogen-bond donors (Lipinski definition) is 1. The molecule has 0 fully saturated rings. The van der Waals surface area contributed by atoms with E-state index in [0.717, 1.165) is 11.3 Å². The third-order valence-electron chi connectivity index (χ3n) is 2.01. The number of benzene rings is 1. The van der Waals surface area contributed by atoms with Crippen LogP contribution in [-0.4, -0.2) is 20.2 Å². The van der Waals surface area contributed by atoms with E-state index < -0.39 is 0 Å². The maximum absolute atomic E-state index is 5.78. The zero-order valence-electron chi connectivity index (χ0n) is 7.83. The quantitative estimate of drug-likeness (QED) is 0.754. The molecule has 2 rings (SSSR count). The second kappa shape index (κ2) is 3.55. The summed E-state index contributed by atoms with van der Waals surface area (Å²) in [7, 11) is 0. The maximum atomic E-state index is 5.78. The zero-order chi connectivity index (χ0) is 9.97. The van der Waals surface area contributed by atoms with Gasteiger partial charge in [0.15, 0.2) is 0 Å². The Labute approximate surface area is 81.5 Å². The van der Waals surface area contributed by atoms with Crippen molar-refractivity contribution in [3.8, 4) is 5.69 Å². The van der Waals surface area contributed by atoms with E-state index in [1.54, 1.807) is 11.0 Å². The summed E-state index contributed by atoms with van der Waals surface area (Å²) in [6, 6.07) is 7.85. The molecule has 0 aliphatic rings. The van der Waals surface area contributed by atoms with Crippen molar-refractivity contribution in [2.75, 3.05) is 0 Å². The Morgan fingerprint density at radius 3 is 2.93 bits per heavy atom. The Hall–Kier alpha value is -1.75. The van der Waals surface area contributed by atoms with Gasteiger partial charge in [-0.1, -0.05) is 12.1 Å². The average Bonchev–Trinajstić information content (AvgIpc) is 2.71. The van der Waals surface area contributed by atoms with Gasteiger partial charge in [-0.15, -0.1) is 5.10 Å². The molecular weight excluding hydrogens is 178 g/mol. The number of hydrogen-bond acceptors (Lipinski definition) is 4. The topological polar surface area (TPSA) is 69.6 Å². The molecule has 5 heteroatoms. The van der Waals surface area contributed by atoms with Crippen LogP contribution in [0.5, 0.6) is 0 Å². The highest BCUT2D eigenvalue weighted by Gasteiger charge is 2.02. The van der Waals surface area contributed by atoms with Gasteiger partial charge in [0.2, 0.25) is 0 Å². The van der Waals surface area contributed by atoms with Crippen molar-refractivity contribution in [3.05, 3.63) is 36.2 Å². The molecule has 0 saturated heterocycles. The van der Waals surface area contributed by atoms with Gasteiger partial charge in [0.1, 0.15) is 6.33 Å². The number of nitrogens with two attached hydrogens (primary N) is 1. The van der Waals surface area contributed by atoms with Crippen LogP contribution in [0.1, 0.15) is 18.5 Å². The predicted molar refractivity (Wildman–Crippen MR) is 51.8 cm³/mol. The second-order valence-electron chi connectivity index (χ2n) is 3.14. The molecule has 0 amide bonds. The molecular formula is C9H11N5.